The fourth-order valence-electron chi connectivity index (χ4n) is 9.41. The fourth-order valence-corrected chi connectivity index (χ4v) is 12.1. The number of phenols is 2. The zero-order valence-electron chi connectivity index (χ0n) is 47.5. The maximum atomic E-state index is 15.0. The van der Waals surface area contributed by atoms with Crippen molar-refractivity contribution >= 4 is 92.5 Å². The molecular formula is C56H76N14O13S2. The number of guanidine groups is 1. The van der Waals surface area contributed by atoms with Gasteiger partial charge in [0.25, 0.3) is 0 Å². The average molecular weight is 1220 g/mol. The highest BCUT2D eigenvalue weighted by Crippen LogP contribution is 2.39. The Labute approximate surface area is 499 Å². The number of carbonyl (C=O) groups excluding carboxylic acids is 11. The summed E-state index contributed by atoms with van der Waals surface area (Å²) >= 11 is 0. The number of nitrogens with one attached hydrogen (secondary N) is 6. The fraction of sp³-hybridized carbons (Fsp3) is 0.464. The number of primary amides is 3. The number of amides is 11. The molecule has 2 aliphatic rings. The minimum Gasteiger partial charge on any atom is -0.508 e. The van der Waals surface area contributed by atoms with Crippen molar-refractivity contribution in [3.8, 4) is 11.5 Å². The number of likely N-dealkylation sites (N-methyl/N-ethyl adjacent to an activating group) is 1. The van der Waals surface area contributed by atoms with Crippen LogP contribution in [0.3, 0.4) is 0 Å². The first kappa shape index (κ1) is 67.2. The van der Waals surface area contributed by atoms with Crippen molar-refractivity contribution < 1.29 is 63.0 Å². The number of hydrogen-bond donors (Lipinski definition) is 13. The van der Waals surface area contributed by atoms with E-state index < -0.39 is 137 Å². The van der Waals surface area contributed by atoms with Gasteiger partial charge in [0, 0.05) is 62.7 Å². The third-order valence-corrected chi connectivity index (χ3v) is 17.3. The number of hydrogen-bond acceptors (Lipinski definition) is 16. The van der Waals surface area contributed by atoms with Gasteiger partial charge in [0.1, 0.15) is 59.8 Å². The van der Waals surface area contributed by atoms with Crippen LogP contribution in [0, 0.1) is 0 Å². The Morgan fingerprint density at radius 2 is 1.31 bits per heavy atom. The van der Waals surface area contributed by atoms with E-state index in [2.05, 4.69) is 36.9 Å². The second-order valence-corrected chi connectivity index (χ2v) is 24.4. The number of carbonyl (C=O) groups is 11. The van der Waals surface area contributed by atoms with Crippen molar-refractivity contribution in [2.45, 2.75) is 138 Å². The van der Waals surface area contributed by atoms with Crippen molar-refractivity contribution in [3.05, 3.63) is 95.6 Å². The summed E-state index contributed by atoms with van der Waals surface area (Å²) in [5.74, 6) is -10.1. The lowest BCUT2D eigenvalue weighted by Gasteiger charge is -2.33. The van der Waals surface area contributed by atoms with Crippen molar-refractivity contribution in [3.63, 3.8) is 0 Å². The summed E-state index contributed by atoms with van der Waals surface area (Å²) in [6.45, 7) is 3.51. The van der Waals surface area contributed by atoms with Crippen molar-refractivity contribution in [1.82, 2.24) is 41.7 Å². The summed E-state index contributed by atoms with van der Waals surface area (Å²) in [4.78, 5) is 160. The van der Waals surface area contributed by atoms with E-state index in [1.54, 1.807) is 56.3 Å². The Morgan fingerprint density at radius 1 is 0.718 bits per heavy atom. The van der Waals surface area contributed by atoms with Gasteiger partial charge >= 0.3 is 0 Å². The topological polar surface area (TPSA) is 449 Å². The number of nitrogens with two attached hydrogens (primary N) is 5. The van der Waals surface area contributed by atoms with Gasteiger partial charge in [-0.2, -0.15) is 0 Å². The van der Waals surface area contributed by atoms with E-state index in [-0.39, 0.29) is 87.7 Å². The molecule has 18 N–H and O–H groups in total. The quantitative estimate of drug-likeness (QED) is 0.0240. The molecule has 5 rings (SSSR count). The largest absolute Gasteiger partial charge is 0.508 e. The Morgan fingerprint density at radius 3 is 1.92 bits per heavy atom. The average Bonchev–Trinajstić information content (AvgIpc) is 3.45. The number of phenolic OH excluding ortho intramolecular Hbond substituents is 2. The summed E-state index contributed by atoms with van der Waals surface area (Å²) in [5.41, 5.74) is 29.5. The van der Waals surface area contributed by atoms with Crippen molar-refractivity contribution in [2.24, 2.45) is 33.7 Å². The van der Waals surface area contributed by atoms with E-state index in [0.29, 0.717) is 16.7 Å². The molecule has 2 fully saturated rings. The van der Waals surface area contributed by atoms with Gasteiger partial charge in [-0.05, 0) is 86.9 Å². The monoisotopic (exact) mass is 1220 g/mol. The molecule has 0 bridgehead atoms. The van der Waals surface area contributed by atoms with Crippen LogP contribution < -0.4 is 60.6 Å². The molecule has 0 spiro atoms. The molecule has 0 aromatic heterocycles. The molecule has 0 saturated carbocycles. The van der Waals surface area contributed by atoms with Gasteiger partial charge < -0.3 is 80.6 Å². The third kappa shape index (κ3) is 21.5. The van der Waals surface area contributed by atoms with Crippen molar-refractivity contribution in [2.75, 3.05) is 25.9 Å². The molecule has 85 heavy (non-hydrogen) atoms. The Hall–Kier alpha value is -8.60. The number of rotatable bonds is 21. The van der Waals surface area contributed by atoms with Crippen LogP contribution in [0.4, 0.5) is 0 Å². The first-order valence-electron chi connectivity index (χ1n) is 27.4. The molecule has 0 aliphatic carbocycles. The Balaban J connectivity index is 1.50. The molecule has 8 atom stereocenters. The van der Waals surface area contributed by atoms with Crippen LogP contribution in [0.5, 0.6) is 11.5 Å². The molecular weight excluding hydrogens is 1140 g/mol. The predicted octanol–water partition coefficient (Wildman–Crippen LogP) is -1.90. The molecule has 2 heterocycles. The smallest absolute Gasteiger partial charge is 0.246 e. The second-order valence-electron chi connectivity index (χ2n) is 21.3. The van der Waals surface area contributed by atoms with Crippen LogP contribution >= 0.6 is 21.6 Å². The third-order valence-electron chi connectivity index (χ3n) is 14.0. The maximum absolute atomic E-state index is 15.0. The first-order valence-corrected chi connectivity index (χ1v) is 29.7. The summed E-state index contributed by atoms with van der Waals surface area (Å²) in [7, 11) is 3.65. The van der Waals surface area contributed by atoms with Crippen LogP contribution in [0.2, 0.25) is 0 Å². The van der Waals surface area contributed by atoms with Gasteiger partial charge in [-0.1, -0.05) is 76.2 Å². The van der Waals surface area contributed by atoms with Gasteiger partial charge in [0.05, 0.1) is 6.42 Å². The van der Waals surface area contributed by atoms with E-state index in [1.165, 1.54) is 53.2 Å². The highest BCUT2D eigenvalue weighted by molar-refractivity contribution is 8.77. The summed E-state index contributed by atoms with van der Waals surface area (Å²) in [5, 5.41) is 35.5. The standard InChI is InChI=1S/C56H76N14O13S2/c1-56(2)29-46(75)69(3)43(27-33-15-19-35(72)20-16-33)53(82)67-39(26-31-9-5-4-6-10-31)50(79)63-37(21-22-44(57)73)49(78)66-40(28-45(58)74)51(80)68-41(30-84-85-56)54(83)70-24-8-12-42(70)52(81)64-36(11-7-23-62-55(60)61)48(77)65-38(47(59)76)25-32-13-17-34(71)18-14-32/h4-6,9-10,13-20,36-43,71-72H,7-8,11-12,21-30H2,1-3H3,(H2,57,73)(H2,58,74)(H2,59,76)(H,63,79)(H,64,81)(H,65,77)(H,66,78)(H,67,82)(H,68,80)(H4,60,61,62)/t36-,37-,38-,39+,40+,41+,42-,43-/m0/s1. The van der Waals surface area contributed by atoms with Gasteiger partial charge in [-0.15, -0.1) is 0 Å². The minimum atomic E-state index is -1.81. The van der Waals surface area contributed by atoms with Gasteiger partial charge in [-0.25, -0.2) is 0 Å². The van der Waals surface area contributed by atoms with E-state index in [9.17, 15) is 63.0 Å². The lowest BCUT2D eigenvalue weighted by Crippen LogP contribution is -2.61. The van der Waals surface area contributed by atoms with Crippen molar-refractivity contribution in [1.29, 1.82) is 0 Å². The van der Waals surface area contributed by atoms with Crippen LogP contribution in [-0.4, -0.2) is 170 Å². The van der Waals surface area contributed by atoms with E-state index >= 15 is 0 Å². The lowest BCUT2D eigenvalue weighted by atomic mass is 10.00. The maximum Gasteiger partial charge on any atom is 0.246 e. The SMILES string of the molecule is CN1C(=O)CC(C)(C)SSC[C@H](C(=O)N2CCC[C@H]2C(=O)N[C@@H](CCCN=C(N)N)C(=O)N[C@@H](Cc2ccc(O)cc2)C(N)=O)NC(=O)[C@@H](CC(N)=O)NC(=O)[C@H](CCC(N)=O)NC(=O)[C@@H](Cc2ccccc2)NC(=O)[C@@H]1Cc1ccc(O)cc1. The molecule has 460 valence electrons. The molecule has 2 aliphatic heterocycles. The number of likely N-dealkylation sites (tertiary alicyclic amines) is 1. The molecule has 3 aromatic rings. The van der Waals surface area contributed by atoms with Gasteiger partial charge in [0.2, 0.25) is 65.0 Å². The molecule has 2 saturated heterocycles. The molecule has 11 amide bonds. The molecule has 0 radical (unpaired) electrons. The highest BCUT2D eigenvalue weighted by Gasteiger charge is 2.42. The number of benzene rings is 3. The molecule has 0 unspecified atom stereocenters. The zero-order chi connectivity index (χ0) is 62.5. The summed E-state index contributed by atoms with van der Waals surface area (Å²) in [6, 6.07) is 8.89. The van der Waals surface area contributed by atoms with Crippen LogP contribution in [-0.2, 0) is 72.0 Å². The molecule has 3 aromatic carbocycles. The summed E-state index contributed by atoms with van der Waals surface area (Å²) < 4.78 is -0.962. The van der Waals surface area contributed by atoms with Crippen LogP contribution in [0.25, 0.3) is 0 Å². The number of aliphatic imine (C=N–C) groups is 1. The Kier molecular flexibility index (Phi) is 25.2. The van der Waals surface area contributed by atoms with E-state index in [0.717, 1.165) is 21.6 Å². The van der Waals surface area contributed by atoms with Crippen LogP contribution in [0.15, 0.2) is 83.9 Å². The molecule has 27 nitrogen and oxygen atoms in total. The van der Waals surface area contributed by atoms with Gasteiger partial charge in [0.15, 0.2) is 5.96 Å². The highest BCUT2D eigenvalue weighted by atomic mass is 33.1. The lowest BCUT2D eigenvalue weighted by molar-refractivity contribution is -0.142. The van der Waals surface area contributed by atoms with Gasteiger partial charge in [-0.3, -0.25) is 57.7 Å². The van der Waals surface area contributed by atoms with E-state index in [1.807, 2.05) is 0 Å². The van der Waals surface area contributed by atoms with E-state index in [4.69, 9.17) is 28.7 Å². The minimum absolute atomic E-state index is 0.0159. The first-order chi connectivity index (χ1) is 40.2. The number of nitrogens with zero attached hydrogens (tertiary/aromatic N) is 3. The number of aromatic hydroxyl groups is 2. The second kappa shape index (κ2) is 31.9. The zero-order valence-corrected chi connectivity index (χ0v) is 49.1. The normalized spacial score (nSPS) is 21.6. The predicted molar refractivity (Wildman–Crippen MR) is 317 cm³/mol. The van der Waals surface area contributed by atoms with Crippen LogP contribution in [0.1, 0.15) is 81.9 Å². The Bertz CT molecular complexity index is 2920. The molecule has 29 heteroatoms. The summed E-state index contributed by atoms with van der Waals surface area (Å²) in [6.07, 6.45) is -1.72.